The van der Waals surface area contributed by atoms with Crippen LogP contribution in [-0.4, -0.2) is 43.7 Å². The third-order valence-electron chi connectivity index (χ3n) is 2.08. The summed E-state index contributed by atoms with van der Waals surface area (Å²) in [6.07, 6.45) is 6.02. The minimum Gasteiger partial charge on any atom is -0.334 e. The van der Waals surface area contributed by atoms with E-state index in [2.05, 4.69) is 21.5 Å². The van der Waals surface area contributed by atoms with Gasteiger partial charge in [0.2, 0.25) is 0 Å². The molecular formula is C9H15N3O. The average Bonchev–Trinajstić information content (AvgIpc) is 2.48. The lowest BCUT2D eigenvalue weighted by molar-refractivity contribution is 0.238. The van der Waals surface area contributed by atoms with Crippen molar-refractivity contribution in [1.82, 2.24) is 15.5 Å². The van der Waals surface area contributed by atoms with Gasteiger partial charge in [-0.2, -0.15) is 0 Å². The molecule has 1 saturated heterocycles. The van der Waals surface area contributed by atoms with E-state index in [4.69, 9.17) is 6.42 Å². The lowest BCUT2D eigenvalue weighted by Gasteiger charge is -2.12. The molecule has 1 atom stereocenters. The first-order valence-corrected chi connectivity index (χ1v) is 4.38. The molecule has 0 aromatic carbocycles. The molecule has 0 spiro atoms. The second-order valence-corrected chi connectivity index (χ2v) is 3.28. The molecule has 4 heteroatoms. The zero-order valence-corrected chi connectivity index (χ0v) is 7.84. The predicted octanol–water partition coefficient (Wildman–Crippen LogP) is -0.377. The normalized spacial score (nSPS) is 22.3. The standard InChI is InChI=1S/C9H15N3O/c1-3-5-10-9(13)11-8-4-6-12(2)7-8/h1,8H,4-7H2,2H3,(H2,10,11,13). The number of carbonyl (C=O) groups excluding carboxylic acids is 1. The van der Waals surface area contributed by atoms with E-state index in [0.29, 0.717) is 0 Å². The van der Waals surface area contributed by atoms with Gasteiger partial charge in [-0.1, -0.05) is 5.92 Å². The summed E-state index contributed by atoms with van der Waals surface area (Å²) in [5.74, 6) is 2.35. The van der Waals surface area contributed by atoms with Crippen LogP contribution >= 0.6 is 0 Å². The summed E-state index contributed by atoms with van der Waals surface area (Å²) in [5.41, 5.74) is 0. The second kappa shape index (κ2) is 4.73. The number of urea groups is 1. The lowest BCUT2D eigenvalue weighted by atomic mass is 10.3. The van der Waals surface area contributed by atoms with Gasteiger partial charge in [-0.25, -0.2) is 4.79 Å². The van der Waals surface area contributed by atoms with Crippen LogP contribution in [0.15, 0.2) is 0 Å². The molecule has 1 rings (SSSR count). The SMILES string of the molecule is C#CCNC(=O)NC1CCN(C)C1. The number of likely N-dealkylation sites (N-methyl/N-ethyl adjacent to an activating group) is 1. The molecule has 2 N–H and O–H groups in total. The van der Waals surface area contributed by atoms with Gasteiger partial charge in [0.15, 0.2) is 0 Å². The zero-order valence-electron chi connectivity index (χ0n) is 7.84. The summed E-state index contributed by atoms with van der Waals surface area (Å²) in [7, 11) is 2.04. The highest BCUT2D eigenvalue weighted by Crippen LogP contribution is 2.05. The Labute approximate surface area is 78.7 Å². The number of terminal acetylenes is 1. The van der Waals surface area contributed by atoms with E-state index in [9.17, 15) is 4.79 Å². The third-order valence-corrected chi connectivity index (χ3v) is 2.08. The highest BCUT2D eigenvalue weighted by Gasteiger charge is 2.20. The predicted molar refractivity (Wildman–Crippen MR) is 51.3 cm³/mol. The lowest BCUT2D eigenvalue weighted by Crippen LogP contribution is -2.43. The molecular weight excluding hydrogens is 166 g/mol. The van der Waals surface area contributed by atoms with Gasteiger partial charge in [0, 0.05) is 12.6 Å². The van der Waals surface area contributed by atoms with Crippen molar-refractivity contribution in [1.29, 1.82) is 0 Å². The second-order valence-electron chi connectivity index (χ2n) is 3.28. The van der Waals surface area contributed by atoms with Crippen molar-refractivity contribution in [2.75, 3.05) is 26.7 Å². The molecule has 1 fully saturated rings. The van der Waals surface area contributed by atoms with Crippen LogP contribution in [0.4, 0.5) is 4.79 Å². The highest BCUT2D eigenvalue weighted by atomic mass is 16.2. The van der Waals surface area contributed by atoms with Crippen molar-refractivity contribution in [3.05, 3.63) is 0 Å². The molecule has 1 aliphatic heterocycles. The first-order chi connectivity index (χ1) is 6.22. The van der Waals surface area contributed by atoms with Gasteiger partial charge in [0.1, 0.15) is 0 Å². The van der Waals surface area contributed by atoms with E-state index in [1.165, 1.54) is 0 Å². The molecule has 0 saturated carbocycles. The van der Waals surface area contributed by atoms with Crippen LogP contribution in [0, 0.1) is 12.3 Å². The van der Waals surface area contributed by atoms with Crippen molar-refractivity contribution in [2.24, 2.45) is 0 Å². The quantitative estimate of drug-likeness (QED) is 0.570. The number of nitrogens with zero attached hydrogens (tertiary/aromatic N) is 1. The smallest absolute Gasteiger partial charge is 0.315 e. The Kier molecular flexibility index (Phi) is 3.59. The Morgan fingerprint density at radius 2 is 2.54 bits per heavy atom. The summed E-state index contributed by atoms with van der Waals surface area (Å²) < 4.78 is 0. The van der Waals surface area contributed by atoms with Gasteiger partial charge in [0.05, 0.1) is 6.54 Å². The van der Waals surface area contributed by atoms with E-state index in [-0.39, 0.29) is 18.6 Å². The monoisotopic (exact) mass is 181 g/mol. The van der Waals surface area contributed by atoms with Crippen LogP contribution < -0.4 is 10.6 Å². The summed E-state index contributed by atoms with van der Waals surface area (Å²) in [6.45, 7) is 2.25. The van der Waals surface area contributed by atoms with E-state index in [1.54, 1.807) is 0 Å². The van der Waals surface area contributed by atoms with Crippen LogP contribution in [0.1, 0.15) is 6.42 Å². The van der Waals surface area contributed by atoms with Gasteiger partial charge in [-0.15, -0.1) is 6.42 Å². The van der Waals surface area contributed by atoms with E-state index in [0.717, 1.165) is 19.5 Å². The van der Waals surface area contributed by atoms with Gasteiger partial charge in [-0.3, -0.25) is 0 Å². The Morgan fingerprint density at radius 1 is 1.77 bits per heavy atom. The van der Waals surface area contributed by atoms with Gasteiger partial charge in [-0.05, 0) is 20.0 Å². The molecule has 1 aliphatic rings. The van der Waals surface area contributed by atoms with Crippen molar-refractivity contribution in [2.45, 2.75) is 12.5 Å². The molecule has 72 valence electrons. The maximum atomic E-state index is 11.1. The first-order valence-electron chi connectivity index (χ1n) is 4.38. The van der Waals surface area contributed by atoms with Gasteiger partial charge >= 0.3 is 6.03 Å². The first kappa shape index (κ1) is 9.87. The van der Waals surface area contributed by atoms with Crippen LogP contribution in [0.5, 0.6) is 0 Å². The van der Waals surface area contributed by atoms with Crippen LogP contribution in [0.3, 0.4) is 0 Å². The topological polar surface area (TPSA) is 44.4 Å². The molecule has 1 unspecified atom stereocenters. The molecule has 0 radical (unpaired) electrons. The number of hydrogen-bond acceptors (Lipinski definition) is 2. The van der Waals surface area contributed by atoms with Gasteiger partial charge < -0.3 is 15.5 Å². The van der Waals surface area contributed by atoms with Crippen LogP contribution in [-0.2, 0) is 0 Å². The fourth-order valence-corrected chi connectivity index (χ4v) is 1.42. The van der Waals surface area contributed by atoms with Crippen molar-refractivity contribution in [3.8, 4) is 12.3 Å². The maximum Gasteiger partial charge on any atom is 0.315 e. The fourth-order valence-electron chi connectivity index (χ4n) is 1.42. The molecule has 0 aromatic rings. The number of amides is 2. The largest absolute Gasteiger partial charge is 0.334 e. The molecule has 0 aromatic heterocycles. The van der Waals surface area contributed by atoms with E-state index >= 15 is 0 Å². The Bertz CT molecular complexity index is 221. The summed E-state index contributed by atoms with van der Waals surface area (Å²) in [5, 5.41) is 5.43. The van der Waals surface area contributed by atoms with Crippen LogP contribution in [0.2, 0.25) is 0 Å². The van der Waals surface area contributed by atoms with E-state index < -0.39 is 0 Å². The number of hydrogen-bond donors (Lipinski definition) is 2. The van der Waals surface area contributed by atoms with Gasteiger partial charge in [0.25, 0.3) is 0 Å². The van der Waals surface area contributed by atoms with E-state index in [1.807, 2.05) is 7.05 Å². The van der Waals surface area contributed by atoms with Crippen molar-refractivity contribution in [3.63, 3.8) is 0 Å². The molecule has 2 amide bonds. The number of rotatable bonds is 2. The molecule has 0 bridgehead atoms. The average molecular weight is 181 g/mol. The minimum absolute atomic E-state index is 0.168. The summed E-state index contributed by atoms with van der Waals surface area (Å²) >= 11 is 0. The molecule has 0 aliphatic carbocycles. The molecule has 1 heterocycles. The number of nitrogens with one attached hydrogen (secondary N) is 2. The molecule has 4 nitrogen and oxygen atoms in total. The highest BCUT2D eigenvalue weighted by molar-refractivity contribution is 5.74. The van der Waals surface area contributed by atoms with Crippen molar-refractivity contribution < 1.29 is 4.79 Å². The third kappa shape index (κ3) is 3.34. The zero-order chi connectivity index (χ0) is 9.68. The Morgan fingerprint density at radius 3 is 3.08 bits per heavy atom. The Hall–Kier alpha value is -1.21. The molecule has 13 heavy (non-hydrogen) atoms. The summed E-state index contributed by atoms with van der Waals surface area (Å²) in [6, 6.07) is 0.0982. The number of likely N-dealkylation sites (tertiary alicyclic amines) is 1. The van der Waals surface area contributed by atoms with Crippen molar-refractivity contribution >= 4 is 6.03 Å². The summed E-state index contributed by atoms with van der Waals surface area (Å²) in [4.78, 5) is 13.3. The maximum absolute atomic E-state index is 11.1. The number of carbonyl (C=O) groups is 1. The minimum atomic E-state index is -0.168. The van der Waals surface area contributed by atoms with Crippen LogP contribution in [0.25, 0.3) is 0 Å². The Balaban J connectivity index is 2.18. The fraction of sp³-hybridized carbons (Fsp3) is 0.667.